The normalized spacial score (nSPS) is 12.5. The van der Waals surface area contributed by atoms with Gasteiger partial charge in [0, 0.05) is 10.6 Å². The summed E-state index contributed by atoms with van der Waals surface area (Å²) in [6.45, 7) is 0. The Labute approximate surface area is 125 Å². The van der Waals surface area contributed by atoms with Crippen LogP contribution in [-0.2, 0) is 7.05 Å². The van der Waals surface area contributed by atoms with Crippen molar-refractivity contribution in [2.45, 2.75) is 6.04 Å². The number of benzene rings is 1. The Morgan fingerprint density at radius 1 is 1.47 bits per heavy atom. The summed E-state index contributed by atoms with van der Waals surface area (Å²) in [6.07, 6.45) is 1.68. The maximum atomic E-state index is 13.2. The van der Waals surface area contributed by atoms with Crippen molar-refractivity contribution in [2.75, 3.05) is 14.2 Å². The van der Waals surface area contributed by atoms with E-state index in [4.69, 9.17) is 4.74 Å². The number of hydrogen-bond acceptors (Lipinski definition) is 3. The third kappa shape index (κ3) is 2.74. The topological polar surface area (TPSA) is 39.1 Å². The number of hydrogen-bond donors (Lipinski definition) is 1. The first kappa shape index (κ1) is 14.3. The summed E-state index contributed by atoms with van der Waals surface area (Å²) in [5, 5.41) is 7.43. The average Bonchev–Trinajstić information content (AvgIpc) is 2.74. The van der Waals surface area contributed by atoms with Crippen molar-refractivity contribution < 1.29 is 9.13 Å². The second-order valence-electron chi connectivity index (χ2n) is 4.11. The summed E-state index contributed by atoms with van der Waals surface area (Å²) in [5.74, 6) is 0.474. The summed E-state index contributed by atoms with van der Waals surface area (Å²) in [4.78, 5) is 0. The van der Waals surface area contributed by atoms with Gasteiger partial charge in [0.2, 0.25) is 0 Å². The summed E-state index contributed by atoms with van der Waals surface area (Å²) in [6, 6.07) is 4.66. The first-order chi connectivity index (χ1) is 9.08. The number of ether oxygens (including phenoxy) is 1. The number of methoxy groups -OCH3 is 1. The van der Waals surface area contributed by atoms with E-state index in [2.05, 4.69) is 33.0 Å². The van der Waals surface area contributed by atoms with Gasteiger partial charge in [0.05, 0.1) is 19.3 Å². The summed E-state index contributed by atoms with van der Waals surface area (Å²) in [7, 11) is 5.33. The van der Waals surface area contributed by atoms with Crippen LogP contribution in [0.5, 0.6) is 5.75 Å². The van der Waals surface area contributed by atoms with Crippen LogP contribution in [0.4, 0.5) is 4.39 Å². The Hall–Kier alpha value is -1.15. The molecule has 4 nitrogen and oxygen atoms in total. The van der Waals surface area contributed by atoms with Gasteiger partial charge in [-0.05, 0) is 47.3 Å². The quantitative estimate of drug-likeness (QED) is 0.835. The third-order valence-electron chi connectivity index (χ3n) is 3.00. The molecule has 0 amide bonds. The van der Waals surface area contributed by atoms with Gasteiger partial charge in [-0.15, -0.1) is 0 Å². The number of nitrogens with one attached hydrogen (secondary N) is 1. The fraction of sp³-hybridized carbons (Fsp3) is 0.308. The molecule has 1 unspecified atom stereocenters. The van der Waals surface area contributed by atoms with E-state index in [1.807, 2.05) is 14.1 Å². The van der Waals surface area contributed by atoms with E-state index in [9.17, 15) is 4.39 Å². The molecule has 0 aliphatic heterocycles. The van der Waals surface area contributed by atoms with Crippen LogP contribution in [0.2, 0.25) is 0 Å². The molecule has 0 fully saturated rings. The van der Waals surface area contributed by atoms with E-state index >= 15 is 0 Å². The van der Waals surface area contributed by atoms with Crippen LogP contribution in [0.15, 0.2) is 24.4 Å². The molecule has 1 N–H and O–H groups in total. The Bertz CT molecular complexity index is 585. The molecule has 1 atom stereocenters. The van der Waals surface area contributed by atoms with Gasteiger partial charge in [-0.2, -0.15) is 5.10 Å². The lowest BCUT2D eigenvalue weighted by Crippen LogP contribution is -2.22. The van der Waals surface area contributed by atoms with Crippen molar-refractivity contribution in [3.8, 4) is 5.75 Å². The van der Waals surface area contributed by atoms with Crippen LogP contribution in [0, 0.1) is 9.39 Å². The number of aromatic nitrogens is 2. The second kappa shape index (κ2) is 5.87. The van der Waals surface area contributed by atoms with E-state index in [1.54, 1.807) is 24.1 Å². The Kier molecular flexibility index (Phi) is 4.41. The van der Waals surface area contributed by atoms with Crippen LogP contribution in [0.3, 0.4) is 0 Å². The Morgan fingerprint density at radius 2 is 2.21 bits per heavy atom. The highest BCUT2D eigenvalue weighted by atomic mass is 127. The minimum atomic E-state index is -0.236. The smallest absolute Gasteiger partial charge is 0.161 e. The number of rotatable bonds is 4. The molecule has 6 heteroatoms. The van der Waals surface area contributed by atoms with Crippen LogP contribution in [-0.4, -0.2) is 23.9 Å². The van der Waals surface area contributed by atoms with E-state index in [0.717, 1.165) is 14.8 Å². The third-order valence-corrected chi connectivity index (χ3v) is 3.94. The fourth-order valence-corrected chi connectivity index (χ4v) is 2.88. The summed E-state index contributed by atoms with van der Waals surface area (Å²) < 4.78 is 21.2. The molecule has 19 heavy (non-hydrogen) atoms. The van der Waals surface area contributed by atoms with Crippen molar-refractivity contribution in [3.05, 3.63) is 45.0 Å². The highest BCUT2D eigenvalue weighted by Crippen LogP contribution is 2.31. The number of nitrogens with zero attached hydrogens (tertiary/aromatic N) is 2. The lowest BCUT2D eigenvalue weighted by Gasteiger charge is -2.19. The molecular weight excluding hydrogens is 360 g/mol. The zero-order chi connectivity index (χ0) is 14.0. The lowest BCUT2D eigenvalue weighted by atomic mass is 10.0. The van der Waals surface area contributed by atoms with Crippen LogP contribution < -0.4 is 10.1 Å². The zero-order valence-electron chi connectivity index (χ0n) is 10.9. The van der Waals surface area contributed by atoms with Crippen molar-refractivity contribution in [1.29, 1.82) is 0 Å². The van der Waals surface area contributed by atoms with Gasteiger partial charge in [0.15, 0.2) is 5.75 Å². The largest absolute Gasteiger partial charge is 0.493 e. The van der Waals surface area contributed by atoms with Crippen molar-refractivity contribution in [1.82, 2.24) is 15.1 Å². The molecule has 0 spiro atoms. The Morgan fingerprint density at radius 3 is 2.79 bits per heavy atom. The molecule has 2 aromatic rings. The van der Waals surface area contributed by atoms with Gasteiger partial charge in [0.25, 0.3) is 0 Å². The average molecular weight is 375 g/mol. The molecule has 0 aliphatic carbocycles. The van der Waals surface area contributed by atoms with Crippen molar-refractivity contribution >= 4 is 22.6 Å². The molecule has 102 valence electrons. The molecule has 0 saturated carbocycles. The molecule has 1 aromatic heterocycles. The van der Waals surface area contributed by atoms with Gasteiger partial charge >= 0.3 is 0 Å². The van der Waals surface area contributed by atoms with E-state index < -0.39 is 0 Å². The Balaban J connectivity index is 2.52. The van der Waals surface area contributed by atoms with Crippen LogP contribution in [0.25, 0.3) is 0 Å². The molecule has 0 radical (unpaired) electrons. The van der Waals surface area contributed by atoms with Gasteiger partial charge in [-0.3, -0.25) is 4.68 Å². The number of aryl methyl sites for hydroxylation is 1. The first-order valence-corrected chi connectivity index (χ1v) is 6.84. The monoisotopic (exact) mass is 375 g/mol. The lowest BCUT2D eigenvalue weighted by molar-refractivity contribution is 0.402. The minimum absolute atomic E-state index is 0.102. The minimum Gasteiger partial charge on any atom is -0.493 e. The van der Waals surface area contributed by atoms with Crippen molar-refractivity contribution in [2.24, 2.45) is 7.05 Å². The molecule has 2 rings (SSSR count). The number of halogens is 2. The molecular formula is C13H15FIN3O. The highest BCUT2D eigenvalue weighted by molar-refractivity contribution is 14.1. The van der Waals surface area contributed by atoms with Gasteiger partial charge < -0.3 is 10.1 Å². The zero-order valence-corrected chi connectivity index (χ0v) is 13.1. The maximum absolute atomic E-state index is 13.2. The molecule has 0 bridgehead atoms. The molecule has 0 saturated heterocycles. The standard InChI is InChI=1S/C13H15FIN3O/c1-16-12(9-5-4-8(14)6-10(9)15)13-11(19-3)7-17-18(13)2/h4-7,12,16H,1-3H3. The molecule has 0 aliphatic rings. The van der Waals surface area contributed by atoms with Gasteiger partial charge in [0.1, 0.15) is 11.5 Å². The van der Waals surface area contributed by atoms with E-state index in [0.29, 0.717) is 5.75 Å². The van der Waals surface area contributed by atoms with Crippen LogP contribution >= 0.6 is 22.6 Å². The molecule has 1 aromatic carbocycles. The van der Waals surface area contributed by atoms with Crippen molar-refractivity contribution in [3.63, 3.8) is 0 Å². The maximum Gasteiger partial charge on any atom is 0.161 e. The summed E-state index contributed by atoms with van der Waals surface area (Å²) >= 11 is 2.13. The predicted molar refractivity (Wildman–Crippen MR) is 79.8 cm³/mol. The second-order valence-corrected chi connectivity index (χ2v) is 5.27. The van der Waals surface area contributed by atoms with E-state index in [-0.39, 0.29) is 11.9 Å². The van der Waals surface area contributed by atoms with Crippen LogP contribution in [0.1, 0.15) is 17.3 Å². The first-order valence-electron chi connectivity index (χ1n) is 5.76. The SMILES string of the molecule is CNC(c1ccc(F)cc1I)c1c(OC)cnn1C. The fourth-order valence-electron chi connectivity index (χ4n) is 2.09. The predicted octanol–water partition coefficient (Wildman–Crippen LogP) is 2.48. The highest BCUT2D eigenvalue weighted by Gasteiger charge is 2.22. The van der Waals surface area contributed by atoms with E-state index in [1.165, 1.54) is 12.1 Å². The van der Waals surface area contributed by atoms with Gasteiger partial charge in [-0.1, -0.05) is 6.07 Å². The summed E-state index contributed by atoms with van der Waals surface area (Å²) in [5.41, 5.74) is 1.90. The van der Waals surface area contributed by atoms with Gasteiger partial charge in [-0.25, -0.2) is 4.39 Å². The molecule has 1 heterocycles.